The molecule has 0 fully saturated rings. The van der Waals surface area contributed by atoms with Gasteiger partial charge in [-0.25, -0.2) is 9.13 Å². The van der Waals surface area contributed by atoms with Gasteiger partial charge >= 0.3 is 11.6 Å². The van der Waals surface area contributed by atoms with Crippen LogP contribution in [0.25, 0.3) is 0 Å². The molecule has 4 rings (SSSR count). The minimum atomic E-state index is 0. The summed E-state index contributed by atoms with van der Waals surface area (Å²) < 4.78 is 7.14. The molecule has 0 saturated heterocycles. The Labute approximate surface area is 286 Å². The van der Waals surface area contributed by atoms with Gasteiger partial charge in [0.15, 0.2) is 23.1 Å². The van der Waals surface area contributed by atoms with Crippen molar-refractivity contribution in [1.29, 1.82) is 0 Å². The summed E-state index contributed by atoms with van der Waals surface area (Å²) in [6.45, 7) is 3.59. The van der Waals surface area contributed by atoms with Crippen LogP contribution in [0.3, 0.4) is 0 Å². The maximum Gasteiger partial charge on any atom is 0.350 e. The molecule has 0 aliphatic carbocycles. The van der Waals surface area contributed by atoms with Crippen LogP contribution in [-0.4, -0.2) is 68.2 Å². The predicted molar refractivity (Wildman–Crippen MR) is 186 cm³/mol. The van der Waals surface area contributed by atoms with E-state index in [-0.39, 0.29) is 41.3 Å². The van der Waals surface area contributed by atoms with Gasteiger partial charge in [0.2, 0.25) is 0 Å². The fourth-order valence-electron chi connectivity index (χ4n) is 3.88. The molecule has 0 bridgehead atoms. The Kier molecular flexibility index (Phi) is 21.0. The Hall–Kier alpha value is -5.42. The molecule has 262 valence electrons. The lowest BCUT2D eigenvalue weighted by molar-refractivity contribution is -0.685. The molecule has 0 atom stereocenters. The van der Waals surface area contributed by atoms with Crippen molar-refractivity contribution in [3.05, 3.63) is 109 Å². The number of aliphatic hydroxyl groups excluding tert-OH is 4. The summed E-state index contributed by atoms with van der Waals surface area (Å²) in [4.78, 5) is 0. The largest absolute Gasteiger partial charge is 0.395 e. The van der Waals surface area contributed by atoms with Gasteiger partial charge in [-0.15, -0.1) is 20.4 Å². The zero-order valence-corrected chi connectivity index (χ0v) is 26.1. The fraction of sp³-hybridized carbons (Fsp3) is 0.333. The lowest BCUT2D eigenvalue weighted by Gasteiger charge is -2.02. The first-order valence-corrected chi connectivity index (χ1v) is 14.8. The third kappa shape index (κ3) is 14.9. The van der Waals surface area contributed by atoms with E-state index in [9.17, 15) is 0 Å². The molecule has 0 aliphatic heterocycles. The molecule has 0 radical (unpaired) electrons. The molecule has 4 aromatic rings. The van der Waals surface area contributed by atoms with Crippen molar-refractivity contribution in [1.82, 2.24) is 9.13 Å². The molecule has 0 aromatic carbocycles. The number of hydrogen-bond donors (Lipinski definition) is 4. The number of amidine groups is 1. The van der Waals surface area contributed by atoms with Crippen LogP contribution in [0, 0.1) is 0 Å². The number of rotatable bonds is 13. The summed E-state index contributed by atoms with van der Waals surface area (Å²) in [6, 6.07) is 22.0. The summed E-state index contributed by atoms with van der Waals surface area (Å²) in [5.41, 5.74) is 1.24. The monoisotopic (exact) mass is 676 g/mol. The van der Waals surface area contributed by atoms with Crippen molar-refractivity contribution in [2.24, 2.45) is 40.9 Å². The Morgan fingerprint density at radius 3 is 1.69 bits per heavy atom. The Bertz CT molecular complexity index is 1780. The highest BCUT2D eigenvalue weighted by Gasteiger charge is 2.08. The van der Waals surface area contributed by atoms with Crippen LogP contribution in [0.15, 0.2) is 138 Å². The molecule has 4 N–H and O–H groups in total. The summed E-state index contributed by atoms with van der Waals surface area (Å²) in [6.07, 6.45) is 8.51. The maximum atomic E-state index is 9.05. The summed E-state index contributed by atoms with van der Waals surface area (Å²) >= 11 is 0. The molecule has 4 heterocycles. The zero-order valence-electron chi connectivity index (χ0n) is 26.1. The number of nitrogens with zero attached hydrogens (tertiary/aromatic N) is 12. The fourth-order valence-corrected chi connectivity index (χ4v) is 3.88. The summed E-state index contributed by atoms with van der Waals surface area (Å²) in [5.74, 6) is 1.63. The third-order valence-electron chi connectivity index (χ3n) is 6.05. The van der Waals surface area contributed by atoms with Gasteiger partial charge < -0.3 is 29.6 Å². The van der Waals surface area contributed by atoms with E-state index in [2.05, 4.69) is 40.9 Å². The quantitative estimate of drug-likeness (QED) is 0.0555. The zero-order chi connectivity index (χ0) is 33.5. The molecule has 49 heavy (non-hydrogen) atoms. The molecular weight excluding hydrogens is 628 g/mol. The van der Waals surface area contributed by atoms with Crippen molar-refractivity contribution in [3.8, 4) is 0 Å². The van der Waals surface area contributed by atoms with Gasteiger partial charge in [-0.1, -0.05) is 39.1 Å². The number of aromatic nitrogens is 4. The van der Waals surface area contributed by atoms with E-state index in [1.54, 1.807) is 49.5 Å². The van der Waals surface area contributed by atoms with Crippen molar-refractivity contribution in [2.45, 2.75) is 48.0 Å². The second kappa shape index (κ2) is 24.7. The van der Waals surface area contributed by atoms with E-state index in [1.807, 2.05) is 73.3 Å². The lowest BCUT2D eigenvalue weighted by Crippen LogP contribution is -2.35. The van der Waals surface area contributed by atoms with Crippen LogP contribution in [-0.2, 0) is 26.2 Å². The van der Waals surface area contributed by atoms with Gasteiger partial charge in [0.1, 0.15) is 13.1 Å². The minimum absolute atomic E-state index is 0. The van der Waals surface area contributed by atoms with Crippen LogP contribution in [0.5, 0.6) is 0 Å². The molecule has 0 amide bonds. The first-order chi connectivity index (χ1) is 23.1. The van der Waals surface area contributed by atoms with Gasteiger partial charge in [-0.05, 0) is 46.6 Å². The van der Waals surface area contributed by atoms with E-state index in [0.29, 0.717) is 54.6 Å². The molecule has 0 unspecified atom stereocenters. The first kappa shape index (κ1) is 41.6. The second-order valence-corrected chi connectivity index (χ2v) is 9.40. The van der Waals surface area contributed by atoms with Gasteiger partial charge in [-0.2, -0.15) is 0 Å². The van der Waals surface area contributed by atoms with E-state index in [1.165, 1.54) is 6.34 Å². The number of aliphatic hydroxyl groups is 4. The summed E-state index contributed by atoms with van der Waals surface area (Å²) in [5, 5.41) is 68.2. The normalized spacial score (nSPS) is 12.2. The Balaban J connectivity index is 0.000000471. The average Bonchev–Trinajstić information content (AvgIpc) is 3.09. The molecule has 0 saturated carbocycles. The molecular formula is C33H48N12O4+2. The first-order valence-electron chi connectivity index (χ1n) is 14.8. The molecule has 0 aliphatic rings. The van der Waals surface area contributed by atoms with E-state index in [4.69, 9.17) is 20.4 Å². The highest BCUT2D eigenvalue weighted by atomic mass is 16.3. The van der Waals surface area contributed by atoms with Gasteiger partial charge in [0, 0.05) is 44.5 Å². The van der Waals surface area contributed by atoms with Crippen LogP contribution >= 0.6 is 0 Å². The Morgan fingerprint density at radius 2 is 1.16 bits per heavy atom. The van der Waals surface area contributed by atoms with Crippen molar-refractivity contribution < 1.29 is 29.6 Å². The van der Waals surface area contributed by atoms with Gasteiger partial charge in [0.25, 0.3) is 0 Å². The minimum Gasteiger partial charge on any atom is -0.395 e. The standard InChI is InChI=1S/C16H21N6O2.C15H19N6O2.2CH4/c1-14(17-19-15-6-2-4-8-21(15)10-12-23)18-20-16-7-3-5-9-22(16)11-13-24;22-11-9-20-7-3-1-5-14(20)18-16-13-17-19-15-6-2-4-8-21(15)10-12-23;;/h2-9,23-24H,10-13H2,1H3;1-8,13,22-23H,9-12H2;2*1H4/q2*+1;;. The van der Waals surface area contributed by atoms with Crippen molar-refractivity contribution in [2.75, 3.05) is 26.4 Å². The van der Waals surface area contributed by atoms with Gasteiger partial charge in [0.05, 0.1) is 49.0 Å². The van der Waals surface area contributed by atoms with Crippen molar-refractivity contribution >= 4 is 23.8 Å². The van der Waals surface area contributed by atoms with Gasteiger partial charge in [-0.3, -0.25) is 0 Å². The van der Waals surface area contributed by atoms with Crippen LogP contribution in [0.1, 0.15) is 21.8 Å². The average molecular weight is 677 g/mol. The second-order valence-electron chi connectivity index (χ2n) is 9.40. The predicted octanol–water partition coefficient (Wildman–Crippen LogP) is 2.44. The third-order valence-corrected chi connectivity index (χ3v) is 6.05. The topological polar surface area (TPSA) is 197 Å². The van der Waals surface area contributed by atoms with E-state index < -0.39 is 0 Å². The molecule has 0 spiro atoms. The van der Waals surface area contributed by atoms with Crippen LogP contribution < -0.4 is 20.1 Å². The highest BCUT2D eigenvalue weighted by Crippen LogP contribution is 2.05. The highest BCUT2D eigenvalue weighted by molar-refractivity contribution is 5.79. The molecule has 16 nitrogen and oxygen atoms in total. The van der Waals surface area contributed by atoms with Crippen molar-refractivity contribution in [3.63, 3.8) is 0 Å². The van der Waals surface area contributed by atoms with Crippen LogP contribution in [0.4, 0.5) is 11.6 Å². The summed E-state index contributed by atoms with van der Waals surface area (Å²) in [7, 11) is 0. The number of hydrogen-bond acceptors (Lipinski definition) is 10. The van der Waals surface area contributed by atoms with E-state index >= 15 is 0 Å². The molecule has 16 heteroatoms. The molecule has 4 aromatic heterocycles. The smallest absolute Gasteiger partial charge is 0.350 e. The van der Waals surface area contributed by atoms with Crippen LogP contribution in [0.2, 0.25) is 0 Å². The van der Waals surface area contributed by atoms with E-state index in [0.717, 1.165) is 0 Å². The Morgan fingerprint density at radius 1 is 0.653 bits per heavy atom. The lowest BCUT2D eigenvalue weighted by atomic mass is 10.4. The maximum absolute atomic E-state index is 9.05. The number of azo groups is 2. The number of pyridine rings is 4. The SMILES string of the molecule is C.C.C/C(N=Nc1cccc[n+]1CCO)=N\N=c1/ccccn1CCO.OCCn1ccccc1=NN=CN=Nc1cccc[n+]1CCO.